The zero-order chi connectivity index (χ0) is 15.9. The third-order valence-electron chi connectivity index (χ3n) is 3.87. The van der Waals surface area contributed by atoms with E-state index in [9.17, 15) is 9.18 Å². The van der Waals surface area contributed by atoms with Gasteiger partial charge in [0.2, 0.25) is 0 Å². The van der Waals surface area contributed by atoms with Gasteiger partial charge in [0.05, 0.1) is 12.8 Å². The molecule has 0 aliphatic heterocycles. The number of likely N-dealkylation sites (N-methyl/N-ethyl adjacent to an activating group) is 1. The van der Waals surface area contributed by atoms with Crippen LogP contribution < -0.4 is 10.2 Å². The summed E-state index contributed by atoms with van der Waals surface area (Å²) >= 11 is 0. The zero-order valence-corrected chi connectivity index (χ0v) is 13.3. The van der Waals surface area contributed by atoms with E-state index < -0.39 is 5.54 Å². The van der Waals surface area contributed by atoms with E-state index in [0.29, 0.717) is 12.1 Å². The maximum absolute atomic E-state index is 13.6. The van der Waals surface area contributed by atoms with Gasteiger partial charge in [-0.2, -0.15) is 0 Å². The molecule has 0 spiro atoms. The van der Waals surface area contributed by atoms with Gasteiger partial charge in [-0.15, -0.1) is 0 Å². The molecule has 1 atom stereocenters. The van der Waals surface area contributed by atoms with Crippen LogP contribution in [0.1, 0.15) is 26.2 Å². The molecular weight excluding hydrogens is 271 g/mol. The Kier molecular flexibility index (Phi) is 6.62. The molecule has 0 aliphatic rings. The van der Waals surface area contributed by atoms with Crippen LogP contribution >= 0.6 is 0 Å². The summed E-state index contributed by atoms with van der Waals surface area (Å²) in [4.78, 5) is 13.6. The number of carbonyl (C=O) groups excluding carboxylic acids is 1. The molecule has 0 aromatic heterocycles. The number of nitrogens with one attached hydrogen (secondary N) is 1. The highest BCUT2D eigenvalue weighted by Gasteiger charge is 2.31. The highest BCUT2D eigenvalue weighted by Crippen LogP contribution is 2.19. The number of methoxy groups -OCH3 is 1. The van der Waals surface area contributed by atoms with Crippen molar-refractivity contribution in [3.05, 3.63) is 30.1 Å². The van der Waals surface area contributed by atoms with Crippen molar-refractivity contribution in [1.29, 1.82) is 0 Å². The summed E-state index contributed by atoms with van der Waals surface area (Å²) in [5.74, 6) is -0.470. The summed E-state index contributed by atoms with van der Waals surface area (Å²) in [6, 6.07) is 6.73. The summed E-state index contributed by atoms with van der Waals surface area (Å²) < 4.78 is 18.4. The highest BCUT2D eigenvalue weighted by molar-refractivity contribution is 5.80. The smallest absolute Gasteiger partial charge is 0.325 e. The SMILES string of the molecule is CNC(C)(CCCCN(C)c1ccccc1F)C(=O)OC. The van der Waals surface area contributed by atoms with Crippen LogP contribution in [0, 0.1) is 5.82 Å². The number of para-hydroxylation sites is 1. The van der Waals surface area contributed by atoms with Gasteiger partial charge in [0.15, 0.2) is 0 Å². The molecule has 0 saturated carbocycles. The van der Waals surface area contributed by atoms with Crippen molar-refractivity contribution in [1.82, 2.24) is 5.32 Å². The van der Waals surface area contributed by atoms with Gasteiger partial charge >= 0.3 is 5.97 Å². The maximum Gasteiger partial charge on any atom is 0.325 e. The lowest BCUT2D eigenvalue weighted by molar-refractivity contribution is -0.148. The second kappa shape index (κ2) is 7.98. The van der Waals surface area contributed by atoms with Gasteiger partial charge in [0.1, 0.15) is 11.4 Å². The van der Waals surface area contributed by atoms with Gasteiger partial charge in [-0.25, -0.2) is 4.39 Å². The van der Waals surface area contributed by atoms with Gasteiger partial charge in [0, 0.05) is 13.6 Å². The van der Waals surface area contributed by atoms with Gasteiger partial charge in [-0.05, 0) is 45.4 Å². The van der Waals surface area contributed by atoms with Crippen LogP contribution in [0.3, 0.4) is 0 Å². The van der Waals surface area contributed by atoms with E-state index in [1.165, 1.54) is 13.2 Å². The van der Waals surface area contributed by atoms with Crippen LogP contribution in [0.2, 0.25) is 0 Å². The number of unbranched alkanes of at least 4 members (excludes halogenated alkanes) is 1. The molecule has 1 aromatic rings. The third kappa shape index (κ3) is 4.70. The van der Waals surface area contributed by atoms with Crippen molar-refractivity contribution in [2.45, 2.75) is 31.7 Å². The molecular formula is C16H25FN2O2. The van der Waals surface area contributed by atoms with Crippen molar-refractivity contribution in [3.8, 4) is 0 Å². The van der Waals surface area contributed by atoms with Gasteiger partial charge < -0.3 is 15.0 Å². The normalized spacial score (nSPS) is 13.6. The highest BCUT2D eigenvalue weighted by atomic mass is 19.1. The molecule has 0 radical (unpaired) electrons. The Labute approximate surface area is 126 Å². The molecule has 4 nitrogen and oxygen atoms in total. The standard InChI is InChI=1S/C16H25FN2O2/c1-16(18-2,15(20)21-4)11-7-8-12-19(3)14-10-6-5-9-13(14)17/h5-6,9-10,18H,7-8,11-12H2,1-4H3. The second-order valence-corrected chi connectivity index (χ2v) is 5.40. The first-order valence-corrected chi connectivity index (χ1v) is 7.17. The van der Waals surface area contributed by atoms with Crippen LogP contribution in [-0.2, 0) is 9.53 Å². The molecule has 1 unspecified atom stereocenters. The summed E-state index contributed by atoms with van der Waals surface area (Å²) in [7, 11) is 5.02. The second-order valence-electron chi connectivity index (χ2n) is 5.40. The number of anilines is 1. The average molecular weight is 296 g/mol. The Morgan fingerprint density at radius 1 is 1.38 bits per heavy atom. The first-order valence-electron chi connectivity index (χ1n) is 7.17. The lowest BCUT2D eigenvalue weighted by Gasteiger charge is -2.26. The van der Waals surface area contributed by atoms with Crippen LogP contribution in [0.15, 0.2) is 24.3 Å². The molecule has 0 aliphatic carbocycles. The molecule has 0 bridgehead atoms. The summed E-state index contributed by atoms with van der Waals surface area (Å²) in [6.45, 7) is 2.57. The Morgan fingerprint density at radius 2 is 2.05 bits per heavy atom. The zero-order valence-electron chi connectivity index (χ0n) is 13.3. The average Bonchev–Trinajstić information content (AvgIpc) is 2.50. The van der Waals surface area contributed by atoms with Gasteiger partial charge in [-0.1, -0.05) is 12.1 Å². The van der Waals surface area contributed by atoms with E-state index in [-0.39, 0.29) is 11.8 Å². The van der Waals surface area contributed by atoms with Crippen LogP contribution in [0.4, 0.5) is 10.1 Å². The van der Waals surface area contributed by atoms with Crippen LogP contribution in [0.5, 0.6) is 0 Å². The number of esters is 1. The van der Waals surface area contributed by atoms with Crippen molar-refractivity contribution < 1.29 is 13.9 Å². The molecule has 1 rings (SSSR count). The minimum atomic E-state index is -0.661. The van der Waals surface area contributed by atoms with Crippen molar-refractivity contribution >= 4 is 11.7 Å². The molecule has 118 valence electrons. The molecule has 0 saturated heterocycles. The number of halogens is 1. The van der Waals surface area contributed by atoms with Crippen molar-refractivity contribution in [2.75, 3.05) is 32.6 Å². The van der Waals surface area contributed by atoms with E-state index in [2.05, 4.69) is 5.32 Å². The largest absolute Gasteiger partial charge is 0.468 e. The lowest BCUT2D eigenvalue weighted by atomic mass is 9.95. The maximum atomic E-state index is 13.6. The quantitative estimate of drug-likeness (QED) is 0.591. The third-order valence-corrected chi connectivity index (χ3v) is 3.87. The van der Waals surface area contributed by atoms with Crippen molar-refractivity contribution in [2.24, 2.45) is 0 Å². The Hall–Kier alpha value is -1.62. The van der Waals surface area contributed by atoms with Crippen molar-refractivity contribution in [3.63, 3.8) is 0 Å². The minimum Gasteiger partial charge on any atom is -0.468 e. The fraction of sp³-hybridized carbons (Fsp3) is 0.562. The van der Waals surface area contributed by atoms with E-state index in [4.69, 9.17) is 4.74 Å². The number of ether oxygens (including phenoxy) is 1. The first kappa shape index (κ1) is 17.4. The summed E-state index contributed by atoms with van der Waals surface area (Å²) in [6.07, 6.45) is 2.41. The number of nitrogens with zero attached hydrogens (tertiary/aromatic N) is 1. The molecule has 0 fully saturated rings. The fourth-order valence-corrected chi connectivity index (χ4v) is 2.26. The summed E-state index contributed by atoms with van der Waals surface area (Å²) in [5.41, 5.74) is -0.0625. The number of carbonyl (C=O) groups is 1. The molecule has 0 heterocycles. The molecule has 0 amide bonds. The van der Waals surface area contributed by atoms with Gasteiger partial charge in [0.25, 0.3) is 0 Å². The van der Waals surface area contributed by atoms with E-state index >= 15 is 0 Å². The molecule has 1 N–H and O–H groups in total. The van der Waals surface area contributed by atoms with E-state index in [0.717, 1.165) is 19.4 Å². The fourth-order valence-electron chi connectivity index (χ4n) is 2.26. The predicted octanol–water partition coefficient (Wildman–Crippen LogP) is 2.58. The Balaban J connectivity index is 2.43. The van der Waals surface area contributed by atoms with E-state index in [1.54, 1.807) is 19.2 Å². The monoisotopic (exact) mass is 296 g/mol. The summed E-state index contributed by atoms with van der Waals surface area (Å²) in [5, 5.41) is 3.01. The Bertz CT molecular complexity index is 467. The lowest BCUT2D eigenvalue weighted by Crippen LogP contribution is -2.48. The first-order chi connectivity index (χ1) is 9.94. The number of hydrogen-bond donors (Lipinski definition) is 1. The van der Waals surface area contributed by atoms with E-state index in [1.807, 2.05) is 24.9 Å². The Morgan fingerprint density at radius 3 is 2.62 bits per heavy atom. The number of benzene rings is 1. The van der Waals surface area contributed by atoms with Gasteiger partial charge in [-0.3, -0.25) is 4.79 Å². The molecule has 1 aromatic carbocycles. The van der Waals surface area contributed by atoms with Crippen LogP contribution in [0.25, 0.3) is 0 Å². The number of hydrogen-bond acceptors (Lipinski definition) is 4. The topological polar surface area (TPSA) is 41.6 Å². The molecule has 5 heteroatoms. The predicted molar refractivity (Wildman–Crippen MR) is 83.0 cm³/mol. The molecule has 21 heavy (non-hydrogen) atoms. The number of rotatable bonds is 8. The minimum absolute atomic E-state index is 0.213. The van der Waals surface area contributed by atoms with Crippen LogP contribution in [-0.4, -0.2) is 39.3 Å².